The molecule has 0 saturated carbocycles. The van der Waals surface area contributed by atoms with Gasteiger partial charge >= 0.3 is 245 Å². The van der Waals surface area contributed by atoms with Crippen molar-refractivity contribution in [3.63, 3.8) is 0 Å². The Bertz CT molecular complexity index is 1450. The van der Waals surface area contributed by atoms with Gasteiger partial charge < -0.3 is 0 Å². The van der Waals surface area contributed by atoms with E-state index in [1.807, 2.05) is 0 Å². The minimum absolute atomic E-state index is 0.574. The van der Waals surface area contributed by atoms with Crippen LogP contribution in [0.4, 0.5) is 0 Å². The molecule has 0 amide bonds. The maximum absolute atomic E-state index is 4.34. The molecule has 0 heterocycles. The van der Waals surface area contributed by atoms with E-state index in [-0.39, 0.29) is 0 Å². The molecule has 0 radical (unpaired) electrons. The molecule has 2 aliphatic rings. The number of hydrogen-bond acceptors (Lipinski definition) is 0. The minimum atomic E-state index is -4.34. The van der Waals surface area contributed by atoms with E-state index in [0.29, 0.717) is 7.35 Å². The van der Waals surface area contributed by atoms with E-state index in [1.54, 1.807) is 33.4 Å². The van der Waals surface area contributed by atoms with Gasteiger partial charge in [-0.05, 0) is 0 Å². The fourth-order valence-electron chi connectivity index (χ4n) is 9.85. The molecular weight excluding hydrogens is 663 g/mol. The zero-order valence-corrected chi connectivity index (χ0v) is 29.4. The van der Waals surface area contributed by atoms with Crippen LogP contribution in [0.2, 0.25) is 12.1 Å². The van der Waals surface area contributed by atoms with Crippen LogP contribution in [0.15, 0.2) is 120 Å². The average molecular weight is 706 g/mol. The van der Waals surface area contributed by atoms with Crippen molar-refractivity contribution in [3.05, 3.63) is 154 Å². The van der Waals surface area contributed by atoms with Gasteiger partial charge in [0.15, 0.2) is 0 Å². The fraction of sp³-hybridized carbons (Fsp3) is 0.263. The third kappa shape index (κ3) is 4.25. The van der Waals surface area contributed by atoms with Crippen molar-refractivity contribution in [2.45, 2.75) is 55.5 Å². The van der Waals surface area contributed by atoms with Crippen LogP contribution in [0.5, 0.6) is 0 Å². The molecule has 2 atom stereocenters. The number of allylic oxidation sites excluding steroid dienone is 2. The van der Waals surface area contributed by atoms with Crippen molar-refractivity contribution in [3.8, 4) is 0 Å². The van der Waals surface area contributed by atoms with Crippen LogP contribution in [0.3, 0.4) is 0 Å². The van der Waals surface area contributed by atoms with E-state index in [9.17, 15) is 0 Å². The summed E-state index contributed by atoms with van der Waals surface area (Å²) in [6.07, 6.45) is 5.14. The third-order valence-corrected chi connectivity index (χ3v) is 80.3. The fourth-order valence-corrected chi connectivity index (χ4v) is 94.2. The van der Waals surface area contributed by atoms with E-state index in [0.717, 1.165) is 0 Å². The average Bonchev–Trinajstić information content (AvgIpc) is 3.51. The monoisotopic (exact) mass is 707 g/mol. The molecule has 0 fully saturated rings. The third-order valence-electron chi connectivity index (χ3n) is 10.8. The first-order valence-electron chi connectivity index (χ1n) is 15.3. The Labute approximate surface area is 243 Å². The van der Waals surface area contributed by atoms with Crippen molar-refractivity contribution in [1.29, 1.82) is 0 Å². The quantitative estimate of drug-likeness (QED) is 0.152. The molecule has 2 aliphatic carbocycles. The molecule has 203 valence electrons. The topological polar surface area (TPSA) is 0 Å². The summed E-state index contributed by atoms with van der Waals surface area (Å²) in [4.78, 5) is 0. The first-order chi connectivity index (χ1) is 19.5. The molecule has 2 unspecified atom stereocenters. The molecule has 0 spiro atoms. The van der Waals surface area contributed by atoms with Crippen molar-refractivity contribution in [1.82, 2.24) is 0 Å². The molecule has 0 aliphatic heterocycles. The van der Waals surface area contributed by atoms with Crippen molar-refractivity contribution >= 4 is 18.1 Å². The van der Waals surface area contributed by atoms with Gasteiger partial charge in [0.1, 0.15) is 0 Å². The van der Waals surface area contributed by atoms with Gasteiger partial charge in [0.25, 0.3) is 0 Å². The summed E-state index contributed by atoms with van der Waals surface area (Å²) in [5.74, 6) is -1.28. The van der Waals surface area contributed by atoms with Crippen LogP contribution in [-0.4, -0.2) is 5.98 Å². The Balaban J connectivity index is 1.79. The number of benzene rings is 4. The summed E-state index contributed by atoms with van der Waals surface area (Å²) in [5.41, 5.74) is 12.6. The van der Waals surface area contributed by atoms with Gasteiger partial charge in [-0.3, -0.25) is 0 Å². The predicted molar refractivity (Wildman–Crippen MR) is 174 cm³/mol. The Morgan fingerprint density at radius 2 is 0.900 bits per heavy atom. The van der Waals surface area contributed by atoms with Crippen molar-refractivity contribution in [2.75, 3.05) is 0 Å². The van der Waals surface area contributed by atoms with Gasteiger partial charge in [-0.25, -0.2) is 0 Å². The summed E-state index contributed by atoms with van der Waals surface area (Å²) in [6, 6.07) is 45.0. The Kier molecular flexibility index (Phi) is 7.61. The predicted octanol–water partition coefficient (Wildman–Crippen LogP) is 10.2. The van der Waals surface area contributed by atoms with Gasteiger partial charge in [0, 0.05) is 0 Å². The molecule has 0 nitrogen and oxygen atoms in total. The zero-order valence-electron chi connectivity index (χ0n) is 24.6. The number of hydrogen-bond donors (Lipinski definition) is 0. The van der Waals surface area contributed by atoms with E-state index in [1.165, 1.54) is 31.6 Å². The summed E-state index contributed by atoms with van der Waals surface area (Å²) in [5, 5.41) is 0. The van der Waals surface area contributed by atoms with E-state index < -0.39 is 23.7 Å². The molecule has 4 aromatic rings. The second-order valence-corrected chi connectivity index (χ2v) is 57.6. The van der Waals surface area contributed by atoms with Gasteiger partial charge in [0.05, 0.1) is 0 Å². The van der Waals surface area contributed by atoms with Crippen LogP contribution >= 0.6 is 0 Å². The molecule has 0 aromatic heterocycles. The first kappa shape index (κ1) is 27.6. The normalized spacial score (nSPS) is 19.0. The van der Waals surface area contributed by atoms with Crippen LogP contribution in [-0.2, 0) is 26.0 Å². The second-order valence-electron chi connectivity index (χ2n) is 12.7. The number of rotatable bonds is 9. The first-order valence-corrected chi connectivity index (χ1v) is 33.0. The van der Waals surface area contributed by atoms with Crippen LogP contribution in [0.25, 0.3) is 12.2 Å². The molecule has 0 N–H and O–H groups in total. The van der Waals surface area contributed by atoms with E-state index in [2.05, 4.69) is 149 Å². The Morgan fingerprint density at radius 3 is 1.30 bits per heavy atom. The van der Waals surface area contributed by atoms with Crippen LogP contribution in [0, 0.1) is 0 Å². The van der Waals surface area contributed by atoms with Gasteiger partial charge in [-0.15, -0.1) is 0 Å². The van der Waals surface area contributed by atoms with Crippen molar-refractivity contribution in [2.24, 2.45) is 0 Å². The SMILES string of the molecule is CC[SiH](CC)[Hf]([CH2]c1ccccc1)([CH2]c1ccccc1)([CH]1C(C)=Cc2ccccc21)[CH]1C(C)=Cc2ccccc21. The summed E-state index contributed by atoms with van der Waals surface area (Å²) in [6.45, 7) is 10.1. The van der Waals surface area contributed by atoms with E-state index >= 15 is 0 Å². The van der Waals surface area contributed by atoms with Gasteiger partial charge in [0.2, 0.25) is 0 Å². The molecule has 0 saturated heterocycles. The van der Waals surface area contributed by atoms with E-state index in [4.69, 9.17) is 0 Å². The summed E-state index contributed by atoms with van der Waals surface area (Å²) >= 11 is -4.34. The molecular formula is C38H43HfSi. The molecule has 4 aromatic carbocycles. The standard InChI is InChI=1S/2C10H9.2C7H7.C4H11Si.Hf/c2*1-8-6-9-4-2-3-5-10(9)7-8;2*1-7-5-3-2-4-6-7;1-3-5-4-2;/h2*2-7H,1H3;2*2-6H,1H2;5H,3-4H2,1-2H3;. The molecule has 6 rings (SSSR count). The summed E-state index contributed by atoms with van der Waals surface area (Å²) in [7, 11) is 0. The van der Waals surface area contributed by atoms with Gasteiger partial charge in [-0.2, -0.15) is 0 Å². The molecule has 40 heavy (non-hydrogen) atoms. The number of fused-ring (bicyclic) bond motifs is 2. The Morgan fingerprint density at radius 1 is 0.525 bits per heavy atom. The van der Waals surface area contributed by atoms with Gasteiger partial charge in [-0.1, -0.05) is 0 Å². The van der Waals surface area contributed by atoms with Crippen LogP contribution in [0.1, 0.15) is 68.4 Å². The second kappa shape index (κ2) is 11.0. The van der Waals surface area contributed by atoms with Crippen molar-refractivity contribution < 1.29 is 17.7 Å². The zero-order chi connectivity index (χ0) is 27.8. The molecule has 2 heteroatoms. The maximum atomic E-state index is 2.57. The summed E-state index contributed by atoms with van der Waals surface area (Å²) < 4.78 is 3.76. The molecule has 0 bridgehead atoms. The van der Waals surface area contributed by atoms with Crippen LogP contribution < -0.4 is 0 Å². The Hall–Kier alpha value is -2.55.